The second-order valence-corrected chi connectivity index (χ2v) is 9.32. The van der Waals surface area contributed by atoms with Gasteiger partial charge in [0.1, 0.15) is 0 Å². The molecule has 0 saturated carbocycles. The number of amides is 3. The summed E-state index contributed by atoms with van der Waals surface area (Å²) in [6.07, 6.45) is 8.69. The number of piperidine rings is 1. The first-order valence-corrected chi connectivity index (χ1v) is 12.4. The Morgan fingerprint density at radius 3 is 2.47 bits per heavy atom. The molecule has 0 aliphatic carbocycles. The van der Waals surface area contributed by atoms with E-state index in [1.165, 1.54) is 0 Å². The lowest BCUT2D eigenvalue weighted by Crippen LogP contribution is -2.50. The number of likely N-dealkylation sites (tertiary alicyclic amines) is 1. The van der Waals surface area contributed by atoms with Gasteiger partial charge in [-0.3, -0.25) is 4.79 Å². The van der Waals surface area contributed by atoms with E-state index in [-0.39, 0.29) is 18.5 Å². The van der Waals surface area contributed by atoms with E-state index >= 15 is 0 Å². The number of carbonyl (C=O) groups excluding carboxylic acids is 2. The van der Waals surface area contributed by atoms with Gasteiger partial charge in [0, 0.05) is 42.8 Å². The van der Waals surface area contributed by atoms with E-state index in [1.54, 1.807) is 29.6 Å². The molecule has 0 bridgehead atoms. The van der Waals surface area contributed by atoms with Crippen LogP contribution >= 0.6 is 0 Å². The number of benzene rings is 1. The summed E-state index contributed by atoms with van der Waals surface area (Å²) in [4.78, 5) is 31.1. The molecule has 1 aliphatic rings. The molecular formula is C21H29N5O5S. The van der Waals surface area contributed by atoms with E-state index in [0.717, 1.165) is 23.4 Å². The molecule has 3 rings (SSSR count). The Bertz CT molecular complexity index is 1000. The number of rotatable bonds is 8. The predicted octanol–water partition coefficient (Wildman–Crippen LogP) is 2.18. The maximum atomic E-state index is 12.8. The molecule has 174 valence electrons. The van der Waals surface area contributed by atoms with Gasteiger partial charge in [0.25, 0.3) is 16.0 Å². The van der Waals surface area contributed by atoms with Crippen LogP contribution in [0.5, 0.6) is 0 Å². The van der Waals surface area contributed by atoms with E-state index in [4.69, 9.17) is 4.28 Å². The van der Waals surface area contributed by atoms with Crippen LogP contribution < -0.4 is 5.32 Å². The summed E-state index contributed by atoms with van der Waals surface area (Å²) in [5.41, 5.74) is 1.52. The smallest absolute Gasteiger partial charge is 0.338 e. The molecule has 0 radical (unpaired) electrons. The van der Waals surface area contributed by atoms with E-state index in [1.807, 2.05) is 29.8 Å². The average molecular weight is 464 g/mol. The van der Waals surface area contributed by atoms with Crippen molar-refractivity contribution in [2.24, 2.45) is 0 Å². The number of aromatic nitrogens is 2. The summed E-state index contributed by atoms with van der Waals surface area (Å²) in [5.74, 6) is -0.0584. The van der Waals surface area contributed by atoms with Gasteiger partial charge in [-0.25, -0.2) is 9.78 Å². The number of hydroxylamine groups is 2. The molecule has 2 heterocycles. The molecule has 1 fully saturated rings. The van der Waals surface area contributed by atoms with Crippen LogP contribution in [-0.4, -0.2) is 71.8 Å². The minimum absolute atomic E-state index is 0.0584. The van der Waals surface area contributed by atoms with Crippen molar-refractivity contribution >= 4 is 22.1 Å². The van der Waals surface area contributed by atoms with Gasteiger partial charge < -0.3 is 14.8 Å². The Morgan fingerprint density at radius 2 is 1.91 bits per heavy atom. The van der Waals surface area contributed by atoms with Crippen molar-refractivity contribution in [2.45, 2.75) is 38.6 Å². The molecule has 32 heavy (non-hydrogen) atoms. The van der Waals surface area contributed by atoms with Gasteiger partial charge in [-0.15, -0.1) is 4.28 Å². The van der Waals surface area contributed by atoms with Gasteiger partial charge in [0.2, 0.25) is 0 Å². The Labute approximate surface area is 188 Å². The first-order chi connectivity index (χ1) is 15.3. The molecule has 1 aliphatic heterocycles. The standard InChI is InChI=1S/C21H29N5O5S/c1-3-4-12-26(31-32(2,29)30)21(28)23-18-9-13-24(14-10-18)20(27)17-5-7-19(8-6-17)25-15-11-22-16-25/h5-8,11,15-16,18H,3-4,9-10,12-14H2,1-2H3,(H,23,28). The monoisotopic (exact) mass is 463 g/mol. The van der Waals surface area contributed by atoms with E-state index < -0.39 is 16.1 Å². The summed E-state index contributed by atoms with van der Waals surface area (Å²) in [6.45, 7) is 3.11. The molecule has 11 heteroatoms. The minimum Gasteiger partial charge on any atom is -0.338 e. The summed E-state index contributed by atoms with van der Waals surface area (Å²) in [5, 5.41) is 3.68. The lowest BCUT2D eigenvalue weighted by molar-refractivity contribution is -0.00826. The van der Waals surface area contributed by atoms with Gasteiger partial charge in [-0.2, -0.15) is 13.5 Å². The lowest BCUT2D eigenvalue weighted by atomic mass is 10.0. The fourth-order valence-corrected chi connectivity index (χ4v) is 3.95. The second kappa shape index (κ2) is 10.6. The van der Waals surface area contributed by atoms with Crippen molar-refractivity contribution in [3.8, 4) is 5.69 Å². The van der Waals surface area contributed by atoms with Crippen LogP contribution in [0.2, 0.25) is 0 Å². The molecule has 1 aromatic heterocycles. The normalized spacial score (nSPS) is 14.9. The number of unbranched alkanes of at least 4 members (excludes halogenated alkanes) is 1. The zero-order chi connectivity index (χ0) is 23.1. The Morgan fingerprint density at radius 1 is 1.22 bits per heavy atom. The molecule has 0 spiro atoms. The molecule has 0 unspecified atom stereocenters. The van der Waals surface area contributed by atoms with Crippen molar-refractivity contribution in [3.63, 3.8) is 0 Å². The molecule has 1 N–H and O–H groups in total. The topological polar surface area (TPSA) is 114 Å². The first kappa shape index (κ1) is 23.7. The largest absolute Gasteiger partial charge is 0.342 e. The van der Waals surface area contributed by atoms with Gasteiger partial charge >= 0.3 is 6.03 Å². The molecule has 2 aromatic rings. The van der Waals surface area contributed by atoms with E-state index in [2.05, 4.69) is 10.3 Å². The number of nitrogens with zero attached hydrogens (tertiary/aromatic N) is 4. The maximum absolute atomic E-state index is 12.8. The fraction of sp³-hybridized carbons (Fsp3) is 0.476. The summed E-state index contributed by atoms with van der Waals surface area (Å²) < 4.78 is 29.6. The quantitative estimate of drug-likeness (QED) is 0.600. The molecule has 1 saturated heterocycles. The summed E-state index contributed by atoms with van der Waals surface area (Å²) in [6, 6.07) is 6.58. The van der Waals surface area contributed by atoms with Crippen molar-refractivity contribution in [1.82, 2.24) is 24.8 Å². The minimum atomic E-state index is -3.80. The molecular weight excluding hydrogens is 434 g/mol. The summed E-state index contributed by atoms with van der Waals surface area (Å²) in [7, 11) is -3.80. The predicted molar refractivity (Wildman–Crippen MR) is 119 cm³/mol. The fourth-order valence-electron chi connectivity index (χ4n) is 3.48. The molecule has 10 nitrogen and oxygen atoms in total. The number of urea groups is 1. The van der Waals surface area contributed by atoms with E-state index in [9.17, 15) is 18.0 Å². The maximum Gasteiger partial charge on any atom is 0.342 e. The highest BCUT2D eigenvalue weighted by Crippen LogP contribution is 2.16. The zero-order valence-corrected chi connectivity index (χ0v) is 19.1. The third kappa shape index (κ3) is 6.54. The third-order valence-corrected chi connectivity index (χ3v) is 5.64. The van der Waals surface area contributed by atoms with Crippen LogP contribution in [0.4, 0.5) is 4.79 Å². The number of hydrogen-bond acceptors (Lipinski definition) is 6. The van der Waals surface area contributed by atoms with Crippen LogP contribution in [0.15, 0.2) is 43.0 Å². The van der Waals surface area contributed by atoms with Crippen molar-refractivity contribution in [3.05, 3.63) is 48.5 Å². The van der Waals surface area contributed by atoms with E-state index in [0.29, 0.717) is 37.9 Å². The highest BCUT2D eigenvalue weighted by molar-refractivity contribution is 7.85. The second-order valence-electron chi connectivity index (χ2n) is 7.77. The summed E-state index contributed by atoms with van der Waals surface area (Å²) >= 11 is 0. The van der Waals surface area contributed by atoms with Crippen molar-refractivity contribution < 1.29 is 22.3 Å². The Balaban J connectivity index is 1.52. The van der Waals surface area contributed by atoms with Gasteiger partial charge in [-0.1, -0.05) is 13.3 Å². The molecule has 1 aromatic carbocycles. The Hall–Kier alpha value is -2.92. The highest BCUT2D eigenvalue weighted by atomic mass is 32.2. The van der Waals surface area contributed by atoms with Gasteiger partial charge in [0.05, 0.1) is 19.1 Å². The molecule has 0 atom stereocenters. The number of carbonyl (C=O) groups is 2. The third-order valence-electron chi connectivity index (χ3n) is 5.19. The van der Waals surface area contributed by atoms with Crippen LogP contribution in [0.1, 0.15) is 43.0 Å². The Kier molecular flexibility index (Phi) is 7.86. The molecule has 3 amide bonds. The number of nitrogens with one attached hydrogen (secondary N) is 1. The van der Waals surface area contributed by atoms with Crippen LogP contribution in [-0.2, 0) is 14.4 Å². The van der Waals surface area contributed by atoms with Crippen molar-refractivity contribution in [1.29, 1.82) is 0 Å². The zero-order valence-electron chi connectivity index (χ0n) is 18.3. The van der Waals surface area contributed by atoms with Crippen LogP contribution in [0.3, 0.4) is 0 Å². The van der Waals surface area contributed by atoms with Crippen molar-refractivity contribution in [2.75, 3.05) is 25.9 Å². The first-order valence-electron chi connectivity index (χ1n) is 10.6. The van der Waals surface area contributed by atoms with Crippen LogP contribution in [0.25, 0.3) is 5.69 Å². The SMILES string of the molecule is CCCCN(OS(C)(=O)=O)C(=O)NC1CCN(C(=O)c2ccc(-n3ccnc3)cc2)CC1. The van der Waals surface area contributed by atoms with Crippen LogP contribution in [0, 0.1) is 0 Å². The number of hydrogen-bond donors (Lipinski definition) is 1. The highest BCUT2D eigenvalue weighted by Gasteiger charge is 2.27. The van der Waals surface area contributed by atoms with Gasteiger partial charge in [-0.05, 0) is 43.5 Å². The lowest BCUT2D eigenvalue weighted by Gasteiger charge is -2.33. The van der Waals surface area contributed by atoms with Gasteiger partial charge in [0.15, 0.2) is 0 Å². The average Bonchev–Trinajstić information content (AvgIpc) is 3.31. The number of imidazole rings is 1.